The molecule has 0 unspecified atom stereocenters. The van der Waals surface area contributed by atoms with Gasteiger partial charge in [-0.05, 0) is 24.3 Å². The van der Waals surface area contributed by atoms with E-state index in [2.05, 4.69) is 0 Å². The number of aliphatic hydroxyl groups excluding tert-OH is 17. The van der Waals surface area contributed by atoms with E-state index in [-0.39, 0.29) is 5.56 Å². The molecule has 0 spiro atoms. The Labute approximate surface area is 430 Å². The van der Waals surface area contributed by atoms with Crippen LogP contribution in [-0.2, 0) is 61.6 Å². The van der Waals surface area contributed by atoms with E-state index in [0.717, 1.165) is 0 Å². The molecule has 434 valence electrons. The second kappa shape index (κ2) is 25.4. The maximum Gasteiger partial charge on any atom is 0.338 e. The summed E-state index contributed by atoms with van der Waals surface area (Å²) in [5.41, 5.74) is -0.131. The number of benzene rings is 1. The van der Waals surface area contributed by atoms with Crippen molar-refractivity contribution in [2.45, 2.75) is 184 Å². The molecule has 1 aromatic carbocycles. The van der Waals surface area contributed by atoms with Crippen molar-refractivity contribution in [2.75, 3.05) is 46.8 Å². The van der Waals surface area contributed by atoms with E-state index in [4.69, 9.17) is 66.3 Å². The lowest BCUT2D eigenvalue weighted by Crippen LogP contribution is -2.69. The van der Waals surface area contributed by atoms with E-state index in [1.54, 1.807) is 0 Å². The summed E-state index contributed by atoms with van der Waals surface area (Å²) in [6.45, 7) is -6.23. The van der Waals surface area contributed by atoms with Gasteiger partial charge in [-0.25, -0.2) is 4.79 Å². The quantitative estimate of drug-likeness (QED) is 0.102. The predicted molar refractivity (Wildman–Crippen MR) is 232 cm³/mol. The highest BCUT2D eigenvalue weighted by molar-refractivity contribution is 5.89. The van der Waals surface area contributed by atoms with Crippen LogP contribution in [0.25, 0.3) is 0 Å². The van der Waals surface area contributed by atoms with Crippen LogP contribution in [0.1, 0.15) is 10.4 Å². The molecule has 0 saturated carbocycles. The number of rotatable bonds is 9. The first-order valence-electron chi connectivity index (χ1n) is 24.2. The van der Waals surface area contributed by atoms with Gasteiger partial charge in [0.2, 0.25) is 0 Å². The van der Waals surface area contributed by atoms with Crippen LogP contribution in [0.15, 0.2) is 24.3 Å². The fourth-order valence-electron chi connectivity index (χ4n) is 9.97. The van der Waals surface area contributed by atoms with Gasteiger partial charge in [0.25, 0.3) is 0 Å². The summed E-state index contributed by atoms with van der Waals surface area (Å²) < 4.78 is 80.2. The first-order valence-corrected chi connectivity index (χ1v) is 24.2. The Morgan fingerprint density at radius 1 is 0.355 bits per heavy atom. The molecule has 22 aliphatic rings. The third kappa shape index (κ3) is 11.7. The Kier molecular flexibility index (Phi) is 19.9. The van der Waals surface area contributed by atoms with Gasteiger partial charge in [0.05, 0.1) is 52.3 Å². The first kappa shape index (κ1) is 59.5. The standard InChI is InChI=1S/C44H66O32/c1-63-13-4-2-12(3-5-13)38(62)70-37-30(61)44-69-19(11-50)36(37)76-43-29(60)24(55)34(17(9-48)68-43)74-41-27(58)22(53)32(15(7-46)66-41)72-39-25(56)20(51)31(14(6-45)64-39)71-40-26(57)21(52)33(16(8-47)65-40)73-42-28(59)23(54)35(75-44)18(10-49)67-42/h2-5,14-37,39-61H,6-11H2,1H3/t14-,15-,16-,17-,18-,19-,20-,21-,22-,23-,24-,25-,26-,27-,28-,29-,30-,31-,32-,33-,34-,35-,36+,37-,39-,40-,41-,42-,43-,44-/m1/s1. The minimum absolute atomic E-state index is 0.131. The third-order valence-corrected chi connectivity index (χ3v) is 14.2. The van der Waals surface area contributed by atoms with Gasteiger partial charge >= 0.3 is 5.97 Å². The van der Waals surface area contributed by atoms with Crippen LogP contribution in [0.3, 0.4) is 0 Å². The van der Waals surface area contributed by atoms with Crippen molar-refractivity contribution in [3.05, 3.63) is 29.8 Å². The molecule has 12 bridgehead atoms. The molecule has 0 amide bonds. The average Bonchev–Trinajstić information content (AvgIpc) is 3.43. The second-order valence-electron chi connectivity index (χ2n) is 19.0. The van der Waals surface area contributed by atoms with Gasteiger partial charge in [0.1, 0.15) is 146 Å². The van der Waals surface area contributed by atoms with Crippen molar-refractivity contribution in [3.8, 4) is 5.75 Å². The summed E-state index contributed by atoms with van der Waals surface area (Å²) in [5.74, 6) is -0.812. The van der Waals surface area contributed by atoms with Crippen molar-refractivity contribution in [3.63, 3.8) is 0 Å². The monoisotopic (exact) mass is 1110 g/mol. The lowest BCUT2D eigenvalue weighted by molar-refractivity contribution is -0.403. The summed E-state index contributed by atoms with van der Waals surface area (Å²) in [4.78, 5) is 13.7. The minimum Gasteiger partial charge on any atom is -0.497 e. The SMILES string of the molecule is COc1ccc(C(=O)O[C@@H]2[C@@H](O)[C@H]3O[C@H]4[C@H](O)[C@@H](O)[C@@H](O[C@H]5[C@H](O)[C@@H](O)[C@@H](O[C@H]6[C@H](O)[C@@H](O)[C@@H](O[C@H]7[C@H](O)[C@@H](O)[C@@H](O[C@H]8[C@H](O)[C@@H](O)[C@@H](O[C@H]2[C@@H](CO)O3)O[C@@H]8CO)O[C@@H]7CO)O[C@@H]6CO)O[C@@H]5CO)O[C@@H]4CO)cc1. The molecule has 22 fully saturated rings. The molecule has 0 radical (unpaired) electrons. The van der Waals surface area contributed by atoms with Crippen LogP contribution >= 0.6 is 0 Å². The number of esters is 1. The molecule has 30 atom stereocenters. The van der Waals surface area contributed by atoms with E-state index < -0.39 is 230 Å². The molecule has 23 rings (SSSR count). The Hall–Kier alpha value is -2.67. The molecule has 32 nitrogen and oxygen atoms in total. The van der Waals surface area contributed by atoms with E-state index >= 15 is 0 Å². The summed E-state index contributed by atoms with van der Waals surface area (Å²) >= 11 is 0. The van der Waals surface area contributed by atoms with Crippen molar-refractivity contribution < 1.29 is 158 Å². The number of methoxy groups -OCH3 is 1. The Morgan fingerprint density at radius 3 is 0.842 bits per heavy atom. The van der Waals surface area contributed by atoms with Crippen molar-refractivity contribution >= 4 is 5.97 Å². The zero-order chi connectivity index (χ0) is 55.0. The fraction of sp³-hybridized carbons (Fsp3) is 0.841. The maximum absolute atomic E-state index is 13.7. The molecule has 22 heterocycles. The summed E-state index contributed by atoms with van der Waals surface area (Å²) in [5, 5.41) is 188. The van der Waals surface area contributed by atoms with Crippen LogP contribution in [0.2, 0.25) is 0 Å². The van der Waals surface area contributed by atoms with Gasteiger partial charge in [0.15, 0.2) is 43.8 Å². The molecular weight excluding hydrogens is 1040 g/mol. The van der Waals surface area contributed by atoms with Crippen molar-refractivity contribution in [2.24, 2.45) is 0 Å². The van der Waals surface area contributed by atoms with E-state index in [1.807, 2.05) is 0 Å². The Bertz CT molecular complexity index is 1980. The summed E-state index contributed by atoms with van der Waals surface area (Å²) in [6.07, 6.45) is -60.0. The van der Waals surface area contributed by atoms with Gasteiger partial charge < -0.3 is 153 Å². The van der Waals surface area contributed by atoms with Gasteiger partial charge in [-0.15, -0.1) is 0 Å². The average molecular weight is 1110 g/mol. The molecule has 17 N–H and O–H groups in total. The zero-order valence-electron chi connectivity index (χ0n) is 40.1. The predicted octanol–water partition coefficient (Wildman–Crippen LogP) is -11.2. The normalized spacial score (nSPS) is 49.4. The Morgan fingerprint density at radius 2 is 0.592 bits per heavy atom. The highest BCUT2D eigenvalue weighted by Gasteiger charge is 2.59. The van der Waals surface area contributed by atoms with Gasteiger partial charge in [-0.2, -0.15) is 0 Å². The van der Waals surface area contributed by atoms with Gasteiger partial charge in [-0.1, -0.05) is 0 Å². The number of ether oxygens (including phenoxy) is 14. The van der Waals surface area contributed by atoms with Crippen LogP contribution < -0.4 is 4.74 Å². The lowest BCUT2D eigenvalue weighted by atomic mass is 9.94. The number of hydrogen-bond donors (Lipinski definition) is 17. The topological polar surface area (TPSA) is 490 Å². The molecule has 0 aliphatic carbocycles. The van der Waals surface area contributed by atoms with Crippen LogP contribution in [0, 0.1) is 0 Å². The third-order valence-electron chi connectivity index (χ3n) is 14.2. The molecule has 76 heavy (non-hydrogen) atoms. The number of carbonyl (C=O) groups excluding carboxylic acids is 1. The van der Waals surface area contributed by atoms with Crippen molar-refractivity contribution in [1.29, 1.82) is 0 Å². The maximum atomic E-state index is 13.7. The molecule has 0 aromatic heterocycles. The fourth-order valence-corrected chi connectivity index (χ4v) is 9.97. The first-order chi connectivity index (χ1) is 36.3. The molecule has 22 aliphatic heterocycles. The van der Waals surface area contributed by atoms with Crippen LogP contribution in [0.4, 0.5) is 0 Å². The van der Waals surface area contributed by atoms with Crippen LogP contribution in [-0.4, -0.2) is 324 Å². The summed E-state index contributed by atoms with van der Waals surface area (Å²) in [7, 11) is 1.37. The molecule has 1 aromatic rings. The smallest absolute Gasteiger partial charge is 0.338 e. The minimum atomic E-state index is -2.23. The number of hydrogen-bond acceptors (Lipinski definition) is 32. The molecular formula is C44H66O32. The highest BCUT2D eigenvalue weighted by Crippen LogP contribution is 2.39. The van der Waals surface area contributed by atoms with E-state index in [9.17, 15) is 91.6 Å². The second-order valence-corrected chi connectivity index (χ2v) is 19.0. The Balaban J connectivity index is 1.13. The molecule has 22 saturated heterocycles. The largest absolute Gasteiger partial charge is 0.497 e. The van der Waals surface area contributed by atoms with E-state index in [1.165, 1.54) is 31.4 Å². The lowest BCUT2D eigenvalue weighted by Gasteiger charge is -2.51. The summed E-state index contributed by atoms with van der Waals surface area (Å²) in [6, 6.07) is 5.36. The molecule has 32 heteroatoms. The van der Waals surface area contributed by atoms with E-state index in [0.29, 0.717) is 5.75 Å². The van der Waals surface area contributed by atoms with Gasteiger partial charge in [0, 0.05) is 0 Å². The highest BCUT2D eigenvalue weighted by atomic mass is 16.8. The van der Waals surface area contributed by atoms with Gasteiger partial charge in [-0.3, -0.25) is 0 Å². The zero-order valence-corrected chi connectivity index (χ0v) is 40.1. The number of carbonyl (C=O) groups is 1. The van der Waals surface area contributed by atoms with Crippen molar-refractivity contribution in [1.82, 2.24) is 0 Å². The van der Waals surface area contributed by atoms with Crippen LogP contribution in [0.5, 0.6) is 5.75 Å². The number of aliphatic hydroxyl groups is 17.